The molecule has 0 N–H and O–H groups in total. The van der Waals surface area contributed by atoms with Gasteiger partial charge in [-0.25, -0.2) is 8.42 Å². The lowest BCUT2D eigenvalue weighted by molar-refractivity contribution is 0.182. The lowest BCUT2D eigenvalue weighted by atomic mass is 10.1. The molecule has 1 aliphatic heterocycles. The molecule has 0 bridgehead atoms. The van der Waals surface area contributed by atoms with Crippen molar-refractivity contribution < 1.29 is 8.42 Å². The van der Waals surface area contributed by atoms with Gasteiger partial charge in [-0.05, 0) is 29.8 Å². The number of sulfonamides is 1. The minimum atomic E-state index is -3.58. The van der Waals surface area contributed by atoms with Gasteiger partial charge in [-0.3, -0.25) is 9.88 Å². The second-order valence-corrected chi connectivity index (χ2v) is 9.50. The summed E-state index contributed by atoms with van der Waals surface area (Å²) < 4.78 is 27.3. The second-order valence-electron chi connectivity index (χ2n) is 6.75. The number of para-hydroxylation sites is 1. The first kappa shape index (κ1) is 19.6. The van der Waals surface area contributed by atoms with Crippen molar-refractivity contribution in [2.24, 2.45) is 0 Å². The van der Waals surface area contributed by atoms with Crippen LogP contribution in [0.3, 0.4) is 0 Å². The molecule has 0 unspecified atom stereocenters. The number of aromatic nitrogens is 1. The molecule has 2 heterocycles. The van der Waals surface area contributed by atoms with E-state index in [-0.39, 0.29) is 9.92 Å². The van der Waals surface area contributed by atoms with E-state index in [9.17, 15) is 8.42 Å². The van der Waals surface area contributed by atoms with Gasteiger partial charge in [-0.1, -0.05) is 47.5 Å². The van der Waals surface area contributed by atoms with Crippen molar-refractivity contribution in [3.05, 3.63) is 70.3 Å². The van der Waals surface area contributed by atoms with Crippen LogP contribution in [-0.4, -0.2) is 48.8 Å². The zero-order chi connectivity index (χ0) is 19.7. The Morgan fingerprint density at radius 2 is 1.68 bits per heavy atom. The zero-order valence-corrected chi connectivity index (χ0v) is 17.4. The van der Waals surface area contributed by atoms with E-state index in [1.54, 1.807) is 6.20 Å². The van der Waals surface area contributed by atoms with E-state index in [1.807, 2.05) is 24.3 Å². The van der Waals surface area contributed by atoms with Crippen LogP contribution in [0.4, 0.5) is 0 Å². The Morgan fingerprint density at radius 3 is 2.43 bits per heavy atom. The zero-order valence-electron chi connectivity index (χ0n) is 15.1. The monoisotopic (exact) mass is 435 g/mol. The minimum Gasteiger partial charge on any atom is -0.296 e. The Kier molecular flexibility index (Phi) is 5.58. The molecule has 28 heavy (non-hydrogen) atoms. The van der Waals surface area contributed by atoms with Crippen molar-refractivity contribution in [3.8, 4) is 0 Å². The Morgan fingerprint density at radius 1 is 0.929 bits per heavy atom. The van der Waals surface area contributed by atoms with Crippen LogP contribution in [0, 0.1) is 0 Å². The first-order chi connectivity index (χ1) is 13.4. The largest absolute Gasteiger partial charge is 0.296 e. The molecule has 0 radical (unpaired) electrons. The molecule has 3 aromatic rings. The lowest BCUT2D eigenvalue weighted by Crippen LogP contribution is -2.48. The highest BCUT2D eigenvalue weighted by Gasteiger charge is 2.29. The van der Waals surface area contributed by atoms with Crippen molar-refractivity contribution in [1.82, 2.24) is 14.2 Å². The van der Waals surface area contributed by atoms with E-state index in [2.05, 4.69) is 16.0 Å². The quantitative estimate of drug-likeness (QED) is 0.620. The van der Waals surface area contributed by atoms with Crippen molar-refractivity contribution in [2.45, 2.75) is 11.4 Å². The molecule has 146 valence electrons. The van der Waals surface area contributed by atoms with Gasteiger partial charge in [0.2, 0.25) is 10.0 Å². The highest BCUT2D eigenvalue weighted by molar-refractivity contribution is 7.89. The van der Waals surface area contributed by atoms with Crippen molar-refractivity contribution >= 4 is 44.1 Å². The van der Waals surface area contributed by atoms with Crippen LogP contribution >= 0.6 is 23.2 Å². The standard InChI is InChI=1S/C20H19Cl2N3O2S/c21-18-7-6-17(13-19(18)22)28(26,27)25-11-9-24(10-12-25)14-16-4-1-3-15-5-2-8-23-20(15)16/h1-8,13H,9-12,14H2. The van der Waals surface area contributed by atoms with Gasteiger partial charge in [0, 0.05) is 44.3 Å². The molecule has 0 spiro atoms. The van der Waals surface area contributed by atoms with Gasteiger partial charge in [-0.2, -0.15) is 4.31 Å². The molecule has 1 aliphatic rings. The molecule has 1 aromatic heterocycles. The third kappa shape index (κ3) is 3.88. The topological polar surface area (TPSA) is 53.5 Å². The summed E-state index contributed by atoms with van der Waals surface area (Å²) in [6.07, 6.45) is 1.80. The SMILES string of the molecule is O=S(=O)(c1ccc(Cl)c(Cl)c1)N1CCN(Cc2cccc3cccnc23)CC1. The van der Waals surface area contributed by atoms with Crippen LogP contribution in [-0.2, 0) is 16.6 Å². The van der Waals surface area contributed by atoms with Crippen molar-refractivity contribution in [3.63, 3.8) is 0 Å². The molecule has 0 aliphatic carbocycles. The van der Waals surface area contributed by atoms with Crippen LogP contribution in [0.1, 0.15) is 5.56 Å². The van der Waals surface area contributed by atoms with E-state index in [4.69, 9.17) is 23.2 Å². The molecule has 1 fully saturated rings. The number of nitrogens with zero attached hydrogens (tertiary/aromatic N) is 3. The summed E-state index contributed by atoms with van der Waals surface area (Å²) >= 11 is 11.9. The average Bonchev–Trinajstić information content (AvgIpc) is 2.71. The molecule has 4 rings (SSSR count). The number of halogens is 2. The van der Waals surface area contributed by atoms with E-state index < -0.39 is 10.0 Å². The highest BCUT2D eigenvalue weighted by atomic mass is 35.5. The molecule has 0 atom stereocenters. The van der Waals surface area contributed by atoms with Gasteiger partial charge in [0.05, 0.1) is 20.5 Å². The Bertz CT molecular complexity index is 1110. The van der Waals surface area contributed by atoms with E-state index >= 15 is 0 Å². The number of hydrogen-bond donors (Lipinski definition) is 0. The summed E-state index contributed by atoms with van der Waals surface area (Å²) in [4.78, 5) is 6.93. The number of pyridine rings is 1. The smallest absolute Gasteiger partial charge is 0.243 e. The van der Waals surface area contributed by atoms with E-state index in [0.717, 1.165) is 23.0 Å². The van der Waals surface area contributed by atoms with Gasteiger partial charge in [0.1, 0.15) is 0 Å². The third-order valence-corrected chi connectivity index (χ3v) is 7.60. The maximum absolute atomic E-state index is 12.9. The average molecular weight is 436 g/mol. The Labute approximate surface area is 174 Å². The van der Waals surface area contributed by atoms with E-state index in [1.165, 1.54) is 22.5 Å². The molecular weight excluding hydrogens is 417 g/mol. The van der Waals surface area contributed by atoms with Crippen LogP contribution in [0.2, 0.25) is 10.0 Å². The predicted octanol–water partition coefficient (Wildman–Crippen LogP) is 4.05. The summed E-state index contributed by atoms with van der Waals surface area (Å²) in [7, 11) is -3.58. The van der Waals surface area contributed by atoms with Crippen LogP contribution in [0.5, 0.6) is 0 Å². The number of benzene rings is 2. The van der Waals surface area contributed by atoms with Crippen LogP contribution in [0.15, 0.2) is 59.6 Å². The molecule has 0 amide bonds. The molecule has 0 saturated carbocycles. The summed E-state index contributed by atoms with van der Waals surface area (Å²) in [5.74, 6) is 0. The predicted molar refractivity (Wildman–Crippen MR) is 112 cm³/mol. The number of hydrogen-bond acceptors (Lipinski definition) is 4. The highest BCUT2D eigenvalue weighted by Crippen LogP contribution is 2.27. The first-order valence-corrected chi connectivity index (χ1v) is 11.1. The minimum absolute atomic E-state index is 0.175. The fourth-order valence-corrected chi connectivity index (χ4v) is 5.26. The third-order valence-electron chi connectivity index (χ3n) is 4.97. The Balaban J connectivity index is 1.46. The molecule has 8 heteroatoms. The second kappa shape index (κ2) is 7.97. The van der Waals surface area contributed by atoms with Crippen LogP contribution < -0.4 is 0 Å². The van der Waals surface area contributed by atoms with Gasteiger partial charge < -0.3 is 0 Å². The summed E-state index contributed by atoms with van der Waals surface area (Å²) in [5.41, 5.74) is 2.15. The molecular formula is C20H19Cl2N3O2S. The number of fused-ring (bicyclic) bond motifs is 1. The van der Waals surface area contributed by atoms with Gasteiger partial charge >= 0.3 is 0 Å². The van der Waals surface area contributed by atoms with Gasteiger partial charge in [-0.15, -0.1) is 0 Å². The maximum atomic E-state index is 12.9. The number of rotatable bonds is 4. The maximum Gasteiger partial charge on any atom is 0.243 e. The summed E-state index contributed by atoms with van der Waals surface area (Å²) in [6.45, 7) is 2.92. The number of piperazine rings is 1. The molecule has 1 saturated heterocycles. The van der Waals surface area contributed by atoms with Crippen molar-refractivity contribution in [2.75, 3.05) is 26.2 Å². The Hall–Kier alpha value is -1.70. The fraction of sp³-hybridized carbons (Fsp3) is 0.250. The van der Waals surface area contributed by atoms with Gasteiger partial charge in [0.25, 0.3) is 0 Å². The molecule has 2 aromatic carbocycles. The first-order valence-electron chi connectivity index (χ1n) is 8.95. The normalized spacial score (nSPS) is 16.5. The van der Waals surface area contributed by atoms with Crippen LogP contribution in [0.25, 0.3) is 10.9 Å². The summed E-state index contributed by atoms with van der Waals surface area (Å²) in [5, 5.41) is 1.69. The van der Waals surface area contributed by atoms with Gasteiger partial charge in [0.15, 0.2) is 0 Å². The van der Waals surface area contributed by atoms with Crippen molar-refractivity contribution in [1.29, 1.82) is 0 Å². The fourth-order valence-electron chi connectivity index (χ4n) is 3.45. The summed E-state index contributed by atoms with van der Waals surface area (Å²) in [6, 6.07) is 14.6. The molecule has 5 nitrogen and oxygen atoms in total. The lowest BCUT2D eigenvalue weighted by Gasteiger charge is -2.34. The van der Waals surface area contributed by atoms with E-state index in [0.29, 0.717) is 31.2 Å².